The van der Waals surface area contributed by atoms with Gasteiger partial charge in [0.2, 0.25) is 5.82 Å². The highest BCUT2D eigenvalue weighted by atomic mass is 19.1. The zero-order chi connectivity index (χ0) is 17.9. The second-order valence-corrected chi connectivity index (χ2v) is 6.05. The predicted molar refractivity (Wildman–Crippen MR) is 85.4 cm³/mol. The van der Waals surface area contributed by atoms with Crippen molar-refractivity contribution in [2.75, 3.05) is 13.3 Å². The molecule has 0 unspecified atom stereocenters. The molecule has 0 saturated carbocycles. The van der Waals surface area contributed by atoms with Gasteiger partial charge in [0.05, 0.1) is 19.4 Å². The first-order chi connectivity index (χ1) is 12.0. The number of hydrogen-bond acceptors (Lipinski definition) is 4. The molecule has 1 saturated heterocycles. The Kier molecular flexibility index (Phi) is 5.10. The molecule has 134 valence electrons. The number of nitrogens with zero attached hydrogens (tertiary/aromatic N) is 1. The number of benzene rings is 1. The highest BCUT2D eigenvalue weighted by Gasteiger charge is 2.42. The highest BCUT2D eigenvalue weighted by molar-refractivity contribution is 5.13. The molecule has 2 aromatic rings. The highest BCUT2D eigenvalue weighted by Crippen LogP contribution is 2.36. The van der Waals surface area contributed by atoms with Crippen LogP contribution in [0.3, 0.4) is 0 Å². The Bertz CT molecular complexity index is 837. The number of alkyl halides is 1. The number of aromatic nitrogens is 2. The fourth-order valence-corrected chi connectivity index (χ4v) is 2.84. The molecule has 1 aliphatic heterocycles. The van der Waals surface area contributed by atoms with Crippen LogP contribution in [-0.2, 0) is 16.1 Å². The van der Waals surface area contributed by atoms with E-state index in [2.05, 4.69) is 0 Å². The quantitative estimate of drug-likeness (QED) is 0.862. The van der Waals surface area contributed by atoms with Gasteiger partial charge in [0.25, 0.3) is 5.56 Å². The number of aromatic amines is 1. The molecule has 1 aromatic carbocycles. The molecule has 1 N–H and O–H groups in total. The normalized spacial score (nSPS) is 23.0. The fraction of sp³-hybridized carbons (Fsp3) is 0.412. The van der Waals surface area contributed by atoms with Crippen molar-refractivity contribution in [2.24, 2.45) is 0 Å². The van der Waals surface area contributed by atoms with Gasteiger partial charge >= 0.3 is 5.69 Å². The van der Waals surface area contributed by atoms with Crippen LogP contribution in [0.1, 0.15) is 24.6 Å². The largest absolute Gasteiger partial charge is 0.374 e. The van der Waals surface area contributed by atoms with Gasteiger partial charge in [-0.15, -0.1) is 0 Å². The van der Waals surface area contributed by atoms with Crippen molar-refractivity contribution in [1.29, 1.82) is 0 Å². The molecule has 2 atom stereocenters. The lowest BCUT2D eigenvalue weighted by molar-refractivity contribution is -0.125. The minimum atomic E-state index is -1.19. The average molecular weight is 352 g/mol. The zero-order valence-electron chi connectivity index (χ0n) is 13.4. The Labute approximate surface area is 142 Å². The van der Waals surface area contributed by atoms with E-state index >= 15 is 0 Å². The Hall–Kier alpha value is -2.32. The zero-order valence-corrected chi connectivity index (χ0v) is 13.4. The standard InChI is InChI=1S/C17H18F2N2O4/c18-10-17(11-24-9-12-4-2-1-3-5-12)7-6-14(25-17)21-8-13(19)15(22)20-16(21)23/h1-5,8,14H,6-7,9-11H2,(H,20,22,23)/t14-,17+/m0/s1. The molecule has 1 fully saturated rings. The summed E-state index contributed by atoms with van der Waals surface area (Å²) in [6.45, 7) is -0.474. The summed E-state index contributed by atoms with van der Waals surface area (Å²) in [5.41, 5.74) is -2.13. The summed E-state index contributed by atoms with van der Waals surface area (Å²) >= 11 is 0. The van der Waals surface area contributed by atoms with Crippen LogP contribution < -0.4 is 11.2 Å². The lowest BCUT2D eigenvalue weighted by Crippen LogP contribution is -2.39. The molecule has 8 heteroatoms. The second-order valence-electron chi connectivity index (χ2n) is 6.05. The topological polar surface area (TPSA) is 73.3 Å². The van der Waals surface area contributed by atoms with Crippen molar-refractivity contribution in [3.05, 3.63) is 68.7 Å². The Morgan fingerprint density at radius 2 is 2.08 bits per heavy atom. The monoisotopic (exact) mass is 352 g/mol. The third kappa shape index (κ3) is 3.85. The fourth-order valence-electron chi connectivity index (χ4n) is 2.84. The number of H-pyrrole nitrogens is 1. The Balaban J connectivity index is 1.67. The number of hydrogen-bond donors (Lipinski definition) is 1. The van der Waals surface area contributed by atoms with E-state index in [-0.39, 0.29) is 6.61 Å². The van der Waals surface area contributed by atoms with E-state index < -0.39 is 35.6 Å². The SMILES string of the molecule is O=c1[nH]c(=O)n([C@@H]2CC[C@@](CF)(COCc3ccccc3)O2)cc1F. The van der Waals surface area contributed by atoms with Gasteiger partial charge in [-0.3, -0.25) is 14.3 Å². The average Bonchev–Trinajstić information content (AvgIpc) is 3.04. The molecule has 3 rings (SSSR count). The van der Waals surface area contributed by atoms with Crippen LogP contribution in [0.15, 0.2) is 46.1 Å². The summed E-state index contributed by atoms with van der Waals surface area (Å²) < 4.78 is 39.2. The Morgan fingerprint density at radius 1 is 1.32 bits per heavy atom. The van der Waals surface area contributed by atoms with Crippen molar-refractivity contribution in [3.63, 3.8) is 0 Å². The van der Waals surface area contributed by atoms with Crippen LogP contribution in [0.5, 0.6) is 0 Å². The van der Waals surface area contributed by atoms with Gasteiger partial charge in [0.1, 0.15) is 18.5 Å². The summed E-state index contributed by atoms with van der Waals surface area (Å²) in [6, 6.07) is 9.43. The Morgan fingerprint density at radius 3 is 2.80 bits per heavy atom. The minimum absolute atomic E-state index is 0.00941. The molecule has 2 heterocycles. The lowest BCUT2D eigenvalue weighted by atomic mass is 10.0. The first kappa shape index (κ1) is 17.5. The molecule has 0 radical (unpaired) electrons. The van der Waals surface area contributed by atoms with E-state index in [4.69, 9.17) is 9.47 Å². The number of rotatable bonds is 6. The molecule has 0 amide bonds. The van der Waals surface area contributed by atoms with Crippen molar-refractivity contribution < 1.29 is 18.3 Å². The third-order valence-corrected chi connectivity index (χ3v) is 4.19. The minimum Gasteiger partial charge on any atom is -0.374 e. The van der Waals surface area contributed by atoms with E-state index in [0.29, 0.717) is 19.4 Å². The van der Waals surface area contributed by atoms with Gasteiger partial charge in [0, 0.05) is 0 Å². The molecule has 0 aliphatic carbocycles. The van der Waals surface area contributed by atoms with Gasteiger partial charge in [-0.1, -0.05) is 30.3 Å². The van der Waals surface area contributed by atoms with Crippen LogP contribution in [0.4, 0.5) is 8.78 Å². The van der Waals surface area contributed by atoms with Crippen LogP contribution in [-0.4, -0.2) is 28.4 Å². The van der Waals surface area contributed by atoms with Gasteiger partial charge in [-0.05, 0) is 18.4 Å². The van der Waals surface area contributed by atoms with E-state index in [1.54, 1.807) is 0 Å². The third-order valence-electron chi connectivity index (χ3n) is 4.19. The van der Waals surface area contributed by atoms with Crippen LogP contribution >= 0.6 is 0 Å². The molecular weight excluding hydrogens is 334 g/mol. The van der Waals surface area contributed by atoms with E-state index in [1.165, 1.54) is 0 Å². The van der Waals surface area contributed by atoms with Crippen LogP contribution in [0.25, 0.3) is 0 Å². The predicted octanol–water partition coefficient (Wildman–Crippen LogP) is 1.91. The molecule has 1 aliphatic rings. The number of halogens is 2. The molecule has 1 aromatic heterocycles. The molecule has 0 bridgehead atoms. The van der Waals surface area contributed by atoms with E-state index in [1.807, 2.05) is 35.3 Å². The summed E-state index contributed by atoms with van der Waals surface area (Å²) in [5.74, 6) is -1.10. The number of nitrogens with one attached hydrogen (secondary N) is 1. The van der Waals surface area contributed by atoms with Crippen molar-refractivity contribution in [2.45, 2.75) is 31.3 Å². The molecular formula is C17H18F2N2O4. The summed E-state index contributed by atoms with van der Waals surface area (Å²) in [5, 5.41) is 0. The van der Waals surface area contributed by atoms with Gasteiger partial charge < -0.3 is 9.47 Å². The van der Waals surface area contributed by atoms with E-state index in [9.17, 15) is 18.4 Å². The molecule has 6 nitrogen and oxygen atoms in total. The lowest BCUT2D eigenvalue weighted by Gasteiger charge is -2.26. The maximum absolute atomic E-state index is 13.6. The first-order valence-corrected chi connectivity index (χ1v) is 7.89. The van der Waals surface area contributed by atoms with Gasteiger partial charge in [-0.2, -0.15) is 4.39 Å². The van der Waals surface area contributed by atoms with Gasteiger partial charge in [-0.25, -0.2) is 9.18 Å². The number of ether oxygens (including phenoxy) is 2. The second kappa shape index (κ2) is 7.28. The summed E-state index contributed by atoms with van der Waals surface area (Å²) in [4.78, 5) is 24.8. The van der Waals surface area contributed by atoms with Crippen molar-refractivity contribution in [3.8, 4) is 0 Å². The maximum atomic E-state index is 13.6. The maximum Gasteiger partial charge on any atom is 0.330 e. The smallest absolute Gasteiger partial charge is 0.330 e. The van der Waals surface area contributed by atoms with Crippen LogP contribution in [0.2, 0.25) is 0 Å². The first-order valence-electron chi connectivity index (χ1n) is 7.89. The summed E-state index contributed by atoms with van der Waals surface area (Å²) in [6.07, 6.45) is 0.556. The summed E-state index contributed by atoms with van der Waals surface area (Å²) in [7, 11) is 0. The van der Waals surface area contributed by atoms with Gasteiger partial charge in [0.15, 0.2) is 0 Å². The van der Waals surface area contributed by atoms with Crippen molar-refractivity contribution >= 4 is 0 Å². The molecule has 0 spiro atoms. The molecule has 25 heavy (non-hydrogen) atoms. The van der Waals surface area contributed by atoms with Crippen LogP contribution in [0, 0.1) is 5.82 Å². The van der Waals surface area contributed by atoms with E-state index in [0.717, 1.165) is 16.3 Å². The van der Waals surface area contributed by atoms with Crippen molar-refractivity contribution in [1.82, 2.24) is 9.55 Å².